The highest BCUT2D eigenvalue weighted by Gasteiger charge is 2.37. The number of piperidine rings is 1. The second-order valence-electron chi connectivity index (χ2n) is 7.55. The van der Waals surface area contributed by atoms with E-state index in [9.17, 15) is 4.79 Å². The summed E-state index contributed by atoms with van der Waals surface area (Å²) in [6, 6.07) is 0. The van der Waals surface area contributed by atoms with Crippen molar-refractivity contribution in [3.05, 3.63) is 12.2 Å². The molecule has 2 saturated heterocycles. The van der Waals surface area contributed by atoms with E-state index in [2.05, 4.69) is 17.1 Å². The van der Waals surface area contributed by atoms with E-state index in [0.717, 1.165) is 56.8 Å². The number of likely N-dealkylation sites (tertiary alicyclic amines) is 1. The van der Waals surface area contributed by atoms with Crippen molar-refractivity contribution >= 4 is 5.91 Å². The van der Waals surface area contributed by atoms with Gasteiger partial charge in [0.2, 0.25) is 5.91 Å². The number of allylic oxidation sites excluding steroid dienone is 2. The van der Waals surface area contributed by atoms with Crippen molar-refractivity contribution in [2.24, 2.45) is 23.7 Å². The fourth-order valence-corrected chi connectivity index (χ4v) is 4.84. The molecule has 1 amide bonds. The van der Waals surface area contributed by atoms with E-state index >= 15 is 0 Å². The molecule has 2 aliphatic heterocycles. The van der Waals surface area contributed by atoms with Crippen LogP contribution in [0.1, 0.15) is 25.7 Å². The number of morpholine rings is 1. The summed E-state index contributed by atoms with van der Waals surface area (Å²) >= 11 is 0. The Morgan fingerprint density at radius 1 is 1.05 bits per heavy atom. The number of amides is 1. The summed E-state index contributed by atoms with van der Waals surface area (Å²) in [5.74, 6) is 3.23. The number of carbonyl (C=O) groups is 1. The minimum atomic E-state index is 0.259. The van der Waals surface area contributed by atoms with Crippen LogP contribution in [0.15, 0.2) is 12.2 Å². The van der Waals surface area contributed by atoms with Crippen molar-refractivity contribution in [1.29, 1.82) is 0 Å². The molecule has 3 fully saturated rings. The molecule has 3 atom stereocenters. The van der Waals surface area contributed by atoms with Gasteiger partial charge in [-0.15, -0.1) is 0 Å². The van der Waals surface area contributed by atoms with E-state index < -0.39 is 0 Å². The van der Waals surface area contributed by atoms with Gasteiger partial charge in [0.05, 0.1) is 13.2 Å². The number of hydrogen-bond donors (Lipinski definition) is 0. The molecule has 0 N–H and O–H groups in total. The summed E-state index contributed by atoms with van der Waals surface area (Å²) in [5.41, 5.74) is 0. The Labute approximate surface area is 133 Å². The summed E-state index contributed by atoms with van der Waals surface area (Å²) in [5, 5.41) is 0. The maximum Gasteiger partial charge on any atom is 0.225 e. The van der Waals surface area contributed by atoms with Gasteiger partial charge in [0.25, 0.3) is 0 Å². The lowest BCUT2D eigenvalue weighted by Gasteiger charge is -2.37. The number of rotatable bonds is 3. The van der Waals surface area contributed by atoms with Crippen LogP contribution in [-0.4, -0.2) is 61.6 Å². The van der Waals surface area contributed by atoms with Gasteiger partial charge < -0.3 is 14.5 Å². The Hall–Kier alpha value is -0.870. The first-order valence-corrected chi connectivity index (χ1v) is 9.07. The summed E-state index contributed by atoms with van der Waals surface area (Å²) in [4.78, 5) is 17.2. The van der Waals surface area contributed by atoms with Crippen molar-refractivity contribution in [3.63, 3.8) is 0 Å². The van der Waals surface area contributed by atoms with Crippen molar-refractivity contribution < 1.29 is 9.53 Å². The minimum absolute atomic E-state index is 0.259. The maximum absolute atomic E-state index is 12.6. The molecule has 0 aromatic rings. The molecule has 1 saturated carbocycles. The number of hydrogen-bond acceptors (Lipinski definition) is 3. The van der Waals surface area contributed by atoms with E-state index in [4.69, 9.17) is 4.74 Å². The number of carbonyl (C=O) groups excluding carboxylic acids is 1. The van der Waals surface area contributed by atoms with E-state index in [1.165, 1.54) is 19.4 Å². The van der Waals surface area contributed by atoms with Gasteiger partial charge in [-0.1, -0.05) is 12.2 Å². The first kappa shape index (κ1) is 14.7. The zero-order chi connectivity index (χ0) is 14.9. The van der Waals surface area contributed by atoms with E-state index in [1.807, 2.05) is 4.90 Å². The normalized spacial score (nSPS) is 36.2. The van der Waals surface area contributed by atoms with E-state index in [1.54, 1.807) is 0 Å². The lowest BCUT2D eigenvalue weighted by molar-refractivity contribution is -0.141. The third kappa shape index (κ3) is 2.95. The van der Waals surface area contributed by atoms with Crippen molar-refractivity contribution in [2.45, 2.75) is 25.7 Å². The molecule has 4 rings (SSSR count). The summed E-state index contributed by atoms with van der Waals surface area (Å²) in [7, 11) is 0. The first-order valence-electron chi connectivity index (χ1n) is 9.07. The lowest BCUT2D eigenvalue weighted by Crippen LogP contribution is -2.47. The standard InChI is InChI=1S/C18H28N2O2/c21-18(20-7-9-22-10-8-20)15-3-5-19(6-4-15)13-17-12-14-1-2-16(17)11-14/h1-2,14-17H,3-13H2/t14-,16-,17-/m0/s1. The molecule has 0 aromatic carbocycles. The fraction of sp³-hybridized carbons (Fsp3) is 0.833. The van der Waals surface area contributed by atoms with Crippen LogP contribution in [0.4, 0.5) is 0 Å². The van der Waals surface area contributed by atoms with Gasteiger partial charge in [0.15, 0.2) is 0 Å². The monoisotopic (exact) mass is 304 g/mol. The van der Waals surface area contributed by atoms with Crippen LogP contribution in [0.25, 0.3) is 0 Å². The van der Waals surface area contributed by atoms with Gasteiger partial charge in [0, 0.05) is 25.6 Å². The molecule has 0 radical (unpaired) electrons. The molecule has 22 heavy (non-hydrogen) atoms. The predicted molar refractivity (Wildman–Crippen MR) is 85.4 cm³/mol. The quantitative estimate of drug-likeness (QED) is 0.745. The molecule has 2 heterocycles. The van der Waals surface area contributed by atoms with E-state index in [0.29, 0.717) is 19.1 Å². The molecule has 4 aliphatic rings. The molecule has 4 heteroatoms. The topological polar surface area (TPSA) is 32.8 Å². The maximum atomic E-state index is 12.6. The predicted octanol–water partition coefficient (Wildman–Crippen LogP) is 1.77. The molecular weight excluding hydrogens is 276 g/mol. The van der Waals surface area contributed by atoms with Crippen LogP contribution in [-0.2, 0) is 9.53 Å². The van der Waals surface area contributed by atoms with Gasteiger partial charge >= 0.3 is 0 Å². The van der Waals surface area contributed by atoms with Gasteiger partial charge in [0.1, 0.15) is 0 Å². The second kappa shape index (κ2) is 6.32. The zero-order valence-corrected chi connectivity index (χ0v) is 13.5. The van der Waals surface area contributed by atoms with Crippen LogP contribution < -0.4 is 0 Å². The van der Waals surface area contributed by atoms with Crippen molar-refractivity contribution in [3.8, 4) is 0 Å². The first-order chi connectivity index (χ1) is 10.8. The highest BCUT2D eigenvalue weighted by atomic mass is 16.5. The number of nitrogens with zero attached hydrogens (tertiary/aromatic N) is 2. The third-order valence-electron chi connectivity index (χ3n) is 6.17. The van der Waals surface area contributed by atoms with Crippen LogP contribution in [0.3, 0.4) is 0 Å². The SMILES string of the molecule is O=C(C1CCN(C[C@@H]2C[C@H]3C=C[C@H]2C3)CC1)N1CCOCC1. The zero-order valence-electron chi connectivity index (χ0n) is 13.5. The summed E-state index contributed by atoms with van der Waals surface area (Å²) < 4.78 is 5.35. The van der Waals surface area contributed by atoms with Crippen LogP contribution in [0.5, 0.6) is 0 Å². The third-order valence-corrected chi connectivity index (χ3v) is 6.17. The molecule has 0 unspecified atom stereocenters. The Morgan fingerprint density at radius 2 is 1.82 bits per heavy atom. The number of fused-ring (bicyclic) bond motifs is 2. The molecule has 0 spiro atoms. The van der Waals surface area contributed by atoms with Gasteiger partial charge in [-0.2, -0.15) is 0 Å². The van der Waals surface area contributed by atoms with Crippen LogP contribution in [0, 0.1) is 23.7 Å². The van der Waals surface area contributed by atoms with Gasteiger partial charge in [-0.25, -0.2) is 0 Å². The van der Waals surface area contributed by atoms with Crippen molar-refractivity contribution in [2.75, 3.05) is 45.9 Å². The smallest absolute Gasteiger partial charge is 0.225 e. The van der Waals surface area contributed by atoms with Crippen molar-refractivity contribution in [1.82, 2.24) is 9.80 Å². The minimum Gasteiger partial charge on any atom is -0.378 e. The van der Waals surface area contributed by atoms with E-state index in [-0.39, 0.29) is 5.92 Å². The Balaban J connectivity index is 1.24. The fourth-order valence-electron chi connectivity index (χ4n) is 4.84. The summed E-state index contributed by atoms with van der Waals surface area (Å²) in [6.45, 7) is 6.47. The number of ether oxygens (including phenoxy) is 1. The molecule has 4 nitrogen and oxygen atoms in total. The molecule has 2 bridgehead atoms. The second-order valence-corrected chi connectivity index (χ2v) is 7.55. The average Bonchev–Trinajstić information content (AvgIpc) is 3.19. The Morgan fingerprint density at radius 3 is 2.45 bits per heavy atom. The summed E-state index contributed by atoms with van der Waals surface area (Å²) in [6.07, 6.45) is 9.77. The van der Waals surface area contributed by atoms with Crippen LogP contribution >= 0.6 is 0 Å². The Bertz CT molecular complexity index is 436. The molecule has 122 valence electrons. The molecular formula is C18H28N2O2. The van der Waals surface area contributed by atoms with Gasteiger partial charge in [-0.05, 0) is 56.5 Å². The van der Waals surface area contributed by atoms with Crippen LogP contribution in [0.2, 0.25) is 0 Å². The highest BCUT2D eigenvalue weighted by molar-refractivity contribution is 5.79. The molecule has 0 aromatic heterocycles. The average molecular weight is 304 g/mol. The lowest BCUT2D eigenvalue weighted by atomic mass is 9.90. The molecule has 2 aliphatic carbocycles. The Kier molecular flexibility index (Phi) is 4.23. The van der Waals surface area contributed by atoms with Gasteiger partial charge in [-0.3, -0.25) is 4.79 Å². The highest BCUT2D eigenvalue weighted by Crippen LogP contribution is 2.43. The largest absolute Gasteiger partial charge is 0.378 e.